The lowest BCUT2D eigenvalue weighted by Gasteiger charge is -2.12. The van der Waals surface area contributed by atoms with Crippen molar-refractivity contribution in [2.24, 2.45) is 5.92 Å². The summed E-state index contributed by atoms with van der Waals surface area (Å²) in [6, 6.07) is 4.01. The number of nitrogens with zero attached hydrogens (tertiary/aromatic N) is 4. The lowest BCUT2D eigenvalue weighted by molar-refractivity contribution is -0.119. The van der Waals surface area contributed by atoms with Crippen molar-refractivity contribution in [1.29, 1.82) is 0 Å². The largest absolute Gasteiger partial charge is 0.496 e. The Labute approximate surface area is 171 Å². The number of aryl methyl sites for hydroxylation is 2. The van der Waals surface area contributed by atoms with Crippen LogP contribution in [0.5, 0.6) is 5.75 Å². The van der Waals surface area contributed by atoms with Gasteiger partial charge in [0.15, 0.2) is 5.82 Å². The van der Waals surface area contributed by atoms with E-state index in [4.69, 9.17) is 9.72 Å². The molecule has 0 aliphatic carbocycles. The summed E-state index contributed by atoms with van der Waals surface area (Å²) >= 11 is 0. The molecule has 0 radical (unpaired) electrons. The molecule has 7 heteroatoms. The van der Waals surface area contributed by atoms with Crippen LogP contribution in [0.4, 0.5) is 5.82 Å². The molecule has 2 aromatic heterocycles. The summed E-state index contributed by atoms with van der Waals surface area (Å²) < 4.78 is 7.48. The number of carbonyl (C=O) groups excluding carboxylic acids is 1. The highest BCUT2D eigenvalue weighted by Gasteiger charge is 2.14. The number of benzene rings is 1. The molecule has 0 unspecified atom stereocenters. The first-order valence-corrected chi connectivity index (χ1v) is 10.4. The van der Waals surface area contributed by atoms with Crippen molar-refractivity contribution >= 4 is 28.3 Å². The van der Waals surface area contributed by atoms with Gasteiger partial charge in [0.2, 0.25) is 5.65 Å². The molecule has 1 N–H and O–H groups in total. The Morgan fingerprint density at radius 3 is 2.69 bits per heavy atom. The van der Waals surface area contributed by atoms with Crippen LogP contribution in [0.25, 0.3) is 16.7 Å². The summed E-state index contributed by atoms with van der Waals surface area (Å²) in [4.78, 5) is 16.6. The number of nitrogens with one attached hydrogen (secondary N) is 1. The van der Waals surface area contributed by atoms with Crippen LogP contribution in [-0.2, 0) is 4.79 Å². The van der Waals surface area contributed by atoms with Crippen LogP contribution in [0.3, 0.4) is 0 Å². The minimum absolute atomic E-state index is 0.371. The van der Waals surface area contributed by atoms with Gasteiger partial charge in [-0.05, 0) is 44.2 Å². The molecule has 1 aromatic carbocycles. The number of fused-ring (bicyclic) bond motifs is 3. The maximum atomic E-state index is 11.8. The molecule has 0 atom stereocenters. The molecule has 0 fully saturated rings. The highest BCUT2D eigenvalue weighted by atomic mass is 16.5. The number of hydrogen-bond acceptors (Lipinski definition) is 6. The van der Waals surface area contributed by atoms with Crippen LogP contribution in [0.2, 0.25) is 0 Å². The second-order valence-electron chi connectivity index (χ2n) is 8.05. The molecule has 0 amide bonds. The van der Waals surface area contributed by atoms with Crippen molar-refractivity contribution in [3.8, 4) is 5.75 Å². The van der Waals surface area contributed by atoms with Crippen molar-refractivity contribution in [1.82, 2.24) is 19.6 Å². The molecule has 0 saturated carbocycles. The lowest BCUT2D eigenvalue weighted by Crippen LogP contribution is -2.08. The number of carbonyl (C=O) groups is 1. The summed E-state index contributed by atoms with van der Waals surface area (Å²) in [6.45, 7) is 8.90. The van der Waals surface area contributed by atoms with Gasteiger partial charge in [0.05, 0.1) is 18.1 Å². The predicted octanol–water partition coefficient (Wildman–Crippen LogP) is 4.49. The molecule has 0 bridgehead atoms. The van der Waals surface area contributed by atoms with E-state index in [-0.39, 0.29) is 0 Å². The number of unbranched alkanes of at least 4 members (excludes halogenated alkanes) is 2. The van der Waals surface area contributed by atoms with Gasteiger partial charge in [-0.25, -0.2) is 4.98 Å². The first-order chi connectivity index (χ1) is 13.9. The molecule has 0 saturated heterocycles. The number of aromatic nitrogens is 4. The van der Waals surface area contributed by atoms with Gasteiger partial charge in [0.25, 0.3) is 0 Å². The highest BCUT2D eigenvalue weighted by Crippen LogP contribution is 2.28. The first kappa shape index (κ1) is 21.0. The molecule has 0 spiro atoms. The van der Waals surface area contributed by atoms with E-state index in [0.29, 0.717) is 30.2 Å². The Bertz CT molecular complexity index is 1010. The van der Waals surface area contributed by atoms with Crippen LogP contribution >= 0.6 is 0 Å². The third-order valence-electron chi connectivity index (χ3n) is 5.06. The van der Waals surface area contributed by atoms with Gasteiger partial charge in [-0.3, -0.25) is 9.20 Å². The Balaban J connectivity index is 1.69. The lowest BCUT2D eigenvalue weighted by atomic mass is 10.0. The van der Waals surface area contributed by atoms with Crippen molar-refractivity contribution in [3.63, 3.8) is 0 Å². The number of ether oxygens (including phenoxy) is 1. The molecule has 2 heterocycles. The van der Waals surface area contributed by atoms with Gasteiger partial charge in [-0.2, -0.15) is 0 Å². The molecule has 3 aromatic rings. The van der Waals surface area contributed by atoms with E-state index in [9.17, 15) is 4.79 Å². The zero-order valence-corrected chi connectivity index (χ0v) is 18.1. The fourth-order valence-electron chi connectivity index (χ4n) is 3.63. The third-order valence-corrected chi connectivity index (χ3v) is 5.06. The Morgan fingerprint density at radius 2 is 1.97 bits per heavy atom. The first-order valence-electron chi connectivity index (χ1n) is 10.4. The Kier molecular flexibility index (Phi) is 6.67. The number of ketones is 1. The van der Waals surface area contributed by atoms with Crippen LogP contribution in [-0.4, -0.2) is 39.0 Å². The van der Waals surface area contributed by atoms with E-state index in [0.717, 1.165) is 59.8 Å². The van der Waals surface area contributed by atoms with Gasteiger partial charge in [-0.15, -0.1) is 10.2 Å². The van der Waals surface area contributed by atoms with Gasteiger partial charge >= 0.3 is 0 Å². The van der Waals surface area contributed by atoms with Crippen molar-refractivity contribution in [2.45, 2.75) is 59.8 Å². The standard InChI is InChI=1S/C22H31N5O2/c1-14(2)11-17(28)9-7-6-8-10-23-21-22-26-25-16(4)27(22)19-13-20(29-5)15(3)12-18(19)24-21/h12-14H,6-11H2,1-5H3,(H,23,24). The summed E-state index contributed by atoms with van der Waals surface area (Å²) in [7, 11) is 1.67. The SMILES string of the molecule is COc1cc2c(cc1C)nc(NCCCCCC(=O)CC(C)C)c1nnc(C)n12. The van der Waals surface area contributed by atoms with Crippen LogP contribution in [0.1, 0.15) is 57.3 Å². The summed E-state index contributed by atoms with van der Waals surface area (Å²) in [5, 5.41) is 12.0. The Hall–Kier alpha value is -2.70. The van der Waals surface area contributed by atoms with Gasteiger partial charge in [0.1, 0.15) is 17.4 Å². The van der Waals surface area contributed by atoms with E-state index in [1.807, 2.05) is 30.4 Å². The summed E-state index contributed by atoms with van der Waals surface area (Å²) in [5.74, 6) is 3.18. The van der Waals surface area contributed by atoms with E-state index >= 15 is 0 Å². The number of hydrogen-bond donors (Lipinski definition) is 1. The van der Waals surface area contributed by atoms with E-state index in [1.54, 1.807) is 7.11 Å². The van der Waals surface area contributed by atoms with Crippen molar-refractivity contribution in [2.75, 3.05) is 19.0 Å². The quantitative estimate of drug-likeness (QED) is 0.508. The van der Waals surface area contributed by atoms with Crippen LogP contribution in [0, 0.1) is 19.8 Å². The number of anilines is 1. The zero-order valence-electron chi connectivity index (χ0n) is 18.1. The fourth-order valence-corrected chi connectivity index (χ4v) is 3.63. The molecular weight excluding hydrogens is 366 g/mol. The average molecular weight is 398 g/mol. The summed E-state index contributed by atoms with van der Waals surface area (Å²) in [5.41, 5.74) is 3.56. The van der Waals surface area contributed by atoms with Crippen LogP contribution < -0.4 is 10.1 Å². The second kappa shape index (κ2) is 9.20. The Morgan fingerprint density at radius 1 is 1.17 bits per heavy atom. The number of rotatable bonds is 10. The maximum absolute atomic E-state index is 11.8. The minimum Gasteiger partial charge on any atom is -0.496 e. The highest BCUT2D eigenvalue weighted by molar-refractivity contribution is 5.85. The summed E-state index contributed by atoms with van der Waals surface area (Å²) in [6.07, 6.45) is 4.31. The van der Waals surface area contributed by atoms with Gasteiger partial charge in [0, 0.05) is 25.5 Å². The minimum atomic E-state index is 0.371. The molecule has 0 aliphatic heterocycles. The average Bonchev–Trinajstić information content (AvgIpc) is 3.05. The number of Topliss-reactive ketones (excluding diaryl/α,β-unsaturated/α-hetero) is 1. The molecular formula is C22H31N5O2. The number of methoxy groups -OCH3 is 1. The van der Waals surface area contributed by atoms with Gasteiger partial charge < -0.3 is 10.1 Å². The maximum Gasteiger partial charge on any atom is 0.204 e. The second-order valence-corrected chi connectivity index (χ2v) is 8.05. The molecule has 3 rings (SSSR count). The van der Waals surface area contributed by atoms with E-state index in [1.165, 1.54) is 0 Å². The molecule has 29 heavy (non-hydrogen) atoms. The normalized spacial score (nSPS) is 11.5. The fraction of sp³-hybridized carbons (Fsp3) is 0.545. The third kappa shape index (κ3) is 4.83. The predicted molar refractivity (Wildman–Crippen MR) is 116 cm³/mol. The zero-order chi connectivity index (χ0) is 21.0. The van der Waals surface area contributed by atoms with E-state index < -0.39 is 0 Å². The monoisotopic (exact) mass is 397 g/mol. The molecule has 7 nitrogen and oxygen atoms in total. The van der Waals surface area contributed by atoms with Gasteiger partial charge in [-0.1, -0.05) is 20.3 Å². The smallest absolute Gasteiger partial charge is 0.204 e. The van der Waals surface area contributed by atoms with Crippen LogP contribution in [0.15, 0.2) is 12.1 Å². The molecule has 0 aliphatic rings. The topological polar surface area (TPSA) is 81.4 Å². The van der Waals surface area contributed by atoms with Crippen molar-refractivity contribution in [3.05, 3.63) is 23.5 Å². The van der Waals surface area contributed by atoms with E-state index in [2.05, 4.69) is 29.4 Å². The van der Waals surface area contributed by atoms with Crippen molar-refractivity contribution < 1.29 is 9.53 Å². The molecule has 156 valence electrons.